The fourth-order valence-corrected chi connectivity index (χ4v) is 5.48. The van der Waals surface area contributed by atoms with E-state index >= 15 is 0 Å². The number of carbonyl (C=O) groups excluding carboxylic acids is 2. The Balaban J connectivity index is 2.04. The van der Waals surface area contributed by atoms with E-state index in [0.717, 1.165) is 9.87 Å². The van der Waals surface area contributed by atoms with Crippen molar-refractivity contribution in [2.24, 2.45) is 0 Å². The van der Waals surface area contributed by atoms with Crippen molar-refractivity contribution >= 4 is 27.5 Å². The summed E-state index contributed by atoms with van der Waals surface area (Å²) in [6, 6.07) is 19.4. The lowest BCUT2D eigenvalue weighted by Gasteiger charge is -2.33. The standard InChI is InChI=1S/C29H34FN3O4S/c1-5-27(29(35)31-21(2)3)32(19-23-13-15-24(30)16-14-23)28(34)20-33(25-17-11-22(4)12-18-25)38(36,37)26-9-7-6-8-10-26/h6-18,21,27H,5,19-20H2,1-4H3,(H,31,35). The monoisotopic (exact) mass is 539 g/mol. The SMILES string of the molecule is CCC(C(=O)NC(C)C)N(Cc1ccc(F)cc1)C(=O)CN(c1ccc(C)cc1)S(=O)(=O)c1ccccc1. The van der Waals surface area contributed by atoms with Crippen LogP contribution in [0.4, 0.5) is 10.1 Å². The van der Waals surface area contributed by atoms with E-state index in [-0.39, 0.29) is 23.4 Å². The summed E-state index contributed by atoms with van der Waals surface area (Å²) in [5.74, 6) is -1.32. The molecule has 2 amide bonds. The summed E-state index contributed by atoms with van der Waals surface area (Å²) in [5, 5.41) is 2.85. The van der Waals surface area contributed by atoms with Gasteiger partial charge in [-0.3, -0.25) is 13.9 Å². The van der Waals surface area contributed by atoms with Crippen molar-refractivity contribution in [3.8, 4) is 0 Å². The third-order valence-electron chi connectivity index (χ3n) is 6.02. The summed E-state index contributed by atoms with van der Waals surface area (Å²) in [6.07, 6.45) is 0.307. The minimum absolute atomic E-state index is 0.0102. The minimum atomic E-state index is -4.11. The zero-order valence-electron chi connectivity index (χ0n) is 22.1. The molecule has 0 saturated heterocycles. The van der Waals surface area contributed by atoms with Crippen molar-refractivity contribution in [2.75, 3.05) is 10.8 Å². The van der Waals surface area contributed by atoms with Crippen LogP contribution in [0.1, 0.15) is 38.3 Å². The van der Waals surface area contributed by atoms with Crippen molar-refractivity contribution in [3.05, 3.63) is 95.8 Å². The molecule has 1 atom stereocenters. The van der Waals surface area contributed by atoms with Gasteiger partial charge >= 0.3 is 0 Å². The molecule has 0 aliphatic heterocycles. The predicted molar refractivity (Wildman–Crippen MR) is 146 cm³/mol. The minimum Gasteiger partial charge on any atom is -0.352 e. The van der Waals surface area contributed by atoms with Crippen LogP contribution in [0.3, 0.4) is 0 Å². The van der Waals surface area contributed by atoms with Crippen molar-refractivity contribution in [3.63, 3.8) is 0 Å². The number of rotatable bonds is 11. The number of hydrogen-bond donors (Lipinski definition) is 1. The highest BCUT2D eigenvalue weighted by Crippen LogP contribution is 2.25. The third kappa shape index (κ3) is 7.19. The number of carbonyl (C=O) groups is 2. The summed E-state index contributed by atoms with van der Waals surface area (Å²) in [7, 11) is -4.11. The first-order valence-corrected chi connectivity index (χ1v) is 14.0. The lowest BCUT2D eigenvalue weighted by Crippen LogP contribution is -2.53. The van der Waals surface area contributed by atoms with Gasteiger partial charge in [0, 0.05) is 12.6 Å². The largest absolute Gasteiger partial charge is 0.352 e. The van der Waals surface area contributed by atoms with E-state index in [1.54, 1.807) is 61.5 Å². The van der Waals surface area contributed by atoms with Crippen molar-refractivity contribution in [1.29, 1.82) is 0 Å². The second-order valence-electron chi connectivity index (χ2n) is 9.40. The molecule has 202 valence electrons. The molecule has 3 aromatic rings. The normalized spacial score (nSPS) is 12.2. The van der Waals surface area contributed by atoms with E-state index in [4.69, 9.17) is 0 Å². The van der Waals surface area contributed by atoms with Gasteiger partial charge < -0.3 is 10.2 Å². The first-order valence-electron chi connectivity index (χ1n) is 12.5. The molecule has 0 radical (unpaired) electrons. The molecule has 1 N–H and O–H groups in total. The maximum atomic E-state index is 13.9. The molecular formula is C29H34FN3O4S. The van der Waals surface area contributed by atoms with Crippen molar-refractivity contribution < 1.29 is 22.4 Å². The van der Waals surface area contributed by atoms with E-state index in [9.17, 15) is 22.4 Å². The molecule has 7 nitrogen and oxygen atoms in total. The van der Waals surface area contributed by atoms with Gasteiger partial charge in [0.2, 0.25) is 11.8 Å². The number of nitrogens with zero attached hydrogens (tertiary/aromatic N) is 2. The maximum absolute atomic E-state index is 13.9. The molecule has 0 spiro atoms. The molecule has 1 unspecified atom stereocenters. The van der Waals surface area contributed by atoms with Gasteiger partial charge in [0.25, 0.3) is 10.0 Å². The average Bonchev–Trinajstić information content (AvgIpc) is 2.89. The van der Waals surface area contributed by atoms with E-state index < -0.39 is 34.3 Å². The first kappa shape index (κ1) is 28.8. The van der Waals surface area contributed by atoms with Gasteiger partial charge in [-0.25, -0.2) is 12.8 Å². The number of halogens is 1. The van der Waals surface area contributed by atoms with Crippen LogP contribution in [0.15, 0.2) is 83.8 Å². The van der Waals surface area contributed by atoms with Crippen LogP contribution in [-0.4, -0.2) is 43.8 Å². The molecule has 0 aromatic heterocycles. The summed E-state index contributed by atoms with van der Waals surface area (Å²) >= 11 is 0. The molecule has 0 saturated carbocycles. The fourth-order valence-electron chi connectivity index (χ4n) is 4.05. The Morgan fingerprint density at radius 2 is 1.53 bits per heavy atom. The molecule has 0 fully saturated rings. The first-order chi connectivity index (χ1) is 18.0. The number of hydrogen-bond acceptors (Lipinski definition) is 4. The smallest absolute Gasteiger partial charge is 0.264 e. The van der Waals surface area contributed by atoms with E-state index in [1.807, 2.05) is 20.8 Å². The maximum Gasteiger partial charge on any atom is 0.264 e. The summed E-state index contributed by atoms with van der Waals surface area (Å²) in [6.45, 7) is 6.80. The van der Waals surface area contributed by atoms with Crippen LogP contribution in [0, 0.1) is 12.7 Å². The fraction of sp³-hybridized carbons (Fsp3) is 0.310. The van der Waals surface area contributed by atoms with Gasteiger partial charge in [-0.2, -0.15) is 0 Å². The van der Waals surface area contributed by atoms with E-state index in [0.29, 0.717) is 17.7 Å². The molecule has 9 heteroatoms. The summed E-state index contributed by atoms with van der Waals surface area (Å²) in [5.41, 5.74) is 1.88. The van der Waals surface area contributed by atoms with Crippen LogP contribution in [0.2, 0.25) is 0 Å². The summed E-state index contributed by atoms with van der Waals surface area (Å²) < 4.78 is 42.1. The lowest BCUT2D eigenvalue weighted by atomic mass is 10.1. The van der Waals surface area contributed by atoms with Crippen LogP contribution >= 0.6 is 0 Å². The van der Waals surface area contributed by atoms with Crippen molar-refractivity contribution in [2.45, 2.75) is 57.6 Å². The summed E-state index contributed by atoms with van der Waals surface area (Å²) in [4.78, 5) is 28.4. The zero-order valence-corrected chi connectivity index (χ0v) is 22.9. The van der Waals surface area contributed by atoms with E-state index in [1.165, 1.54) is 29.2 Å². The second kappa shape index (κ2) is 12.7. The average molecular weight is 540 g/mol. The molecule has 0 aliphatic rings. The molecular weight excluding hydrogens is 505 g/mol. The van der Waals surface area contributed by atoms with Gasteiger partial charge in [0.05, 0.1) is 10.6 Å². The van der Waals surface area contributed by atoms with Crippen molar-refractivity contribution in [1.82, 2.24) is 10.2 Å². The lowest BCUT2D eigenvalue weighted by molar-refractivity contribution is -0.140. The molecule has 3 aromatic carbocycles. The predicted octanol–water partition coefficient (Wildman–Crippen LogP) is 4.66. The Labute approximate surface area is 224 Å². The van der Waals surface area contributed by atoms with Crippen LogP contribution in [-0.2, 0) is 26.2 Å². The van der Waals surface area contributed by atoms with Gasteiger partial charge in [-0.15, -0.1) is 0 Å². The quantitative estimate of drug-likeness (QED) is 0.384. The van der Waals surface area contributed by atoms with Gasteiger partial charge in [-0.1, -0.05) is 55.0 Å². The van der Waals surface area contributed by atoms with Crippen LogP contribution in [0.5, 0.6) is 0 Å². The Hall–Kier alpha value is -3.72. The number of sulfonamides is 1. The molecule has 3 rings (SSSR count). The highest BCUT2D eigenvalue weighted by Gasteiger charge is 2.33. The number of anilines is 1. The number of nitrogens with one attached hydrogen (secondary N) is 1. The number of benzene rings is 3. The van der Waals surface area contributed by atoms with Gasteiger partial charge in [0.1, 0.15) is 18.4 Å². The Bertz CT molecular complexity index is 1330. The number of amides is 2. The molecule has 0 aliphatic carbocycles. The Kier molecular flexibility index (Phi) is 9.63. The highest BCUT2D eigenvalue weighted by molar-refractivity contribution is 7.92. The Morgan fingerprint density at radius 3 is 2.08 bits per heavy atom. The molecule has 38 heavy (non-hydrogen) atoms. The number of aryl methyl sites for hydroxylation is 1. The molecule has 0 bridgehead atoms. The van der Waals surface area contributed by atoms with Crippen LogP contribution in [0.25, 0.3) is 0 Å². The Morgan fingerprint density at radius 1 is 0.921 bits per heavy atom. The molecule has 0 heterocycles. The van der Waals surface area contributed by atoms with E-state index in [2.05, 4.69) is 5.32 Å². The topological polar surface area (TPSA) is 86.8 Å². The van der Waals surface area contributed by atoms with Gasteiger partial charge in [-0.05, 0) is 69.2 Å². The van der Waals surface area contributed by atoms with Crippen LogP contribution < -0.4 is 9.62 Å². The van der Waals surface area contributed by atoms with Gasteiger partial charge in [0.15, 0.2) is 0 Å². The third-order valence-corrected chi connectivity index (χ3v) is 7.80. The highest BCUT2D eigenvalue weighted by atomic mass is 32.2. The second-order valence-corrected chi connectivity index (χ2v) is 11.3. The zero-order chi connectivity index (χ0) is 27.9.